The fourth-order valence-corrected chi connectivity index (χ4v) is 4.21. The van der Waals surface area contributed by atoms with E-state index in [2.05, 4.69) is 4.98 Å². The number of carbonyl (C=O) groups excluding carboxylic acids is 1. The van der Waals surface area contributed by atoms with Gasteiger partial charge in [-0.1, -0.05) is 59.3 Å². The lowest BCUT2D eigenvalue weighted by atomic mass is 10.2. The first-order valence-electron chi connectivity index (χ1n) is 8.43. The van der Waals surface area contributed by atoms with E-state index < -0.39 is 0 Å². The number of hydrogen-bond acceptors (Lipinski definition) is 4. The Morgan fingerprint density at radius 1 is 1.22 bits per heavy atom. The van der Waals surface area contributed by atoms with Crippen molar-refractivity contribution < 1.29 is 4.79 Å². The van der Waals surface area contributed by atoms with E-state index in [0.717, 1.165) is 21.3 Å². The minimum absolute atomic E-state index is 0.195. The maximum absolute atomic E-state index is 13.3. The van der Waals surface area contributed by atoms with Crippen molar-refractivity contribution in [2.24, 2.45) is 7.05 Å². The molecule has 1 amide bonds. The number of hydrogen-bond donors (Lipinski definition) is 0. The Balaban J connectivity index is 1.82. The Bertz CT molecular complexity index is 1080. The summed E-state index contributed by atoms with van der Waals surface area (Å²) >= 11 is 7.78. The average Bonchev–Trinajstić information content (AvgIpc) is 3.30. The van der Waals surface area contributed by atoms with Gasteiger partial charge < -0.3 is 4.57 Å². The Morgan fingerprint density at radius 2 is 2.00 bits per heavy atom. The highest BCUT2D eigenvalue weighted by Crippen LogP contribution is 2.36. The van der Waals surface area contributed by atoms with E-state index in [-0.39, 0.29) is 5.91 Å². The number of aryl methyl sites for hydroxylation is 2. The molecule has 0 radical (unpaired) electrons. The number of fused-ring (bicyclic) bond motifs is 1. The molecule has 0 saturated carbocycles. The summed E-state index contributed by atoms with van der Waals surface area (Å²) in [6.07, 6.45) is 3.38. The molecule has 2 aromatic heterocycles. The van der Waals surface area contributed by atoms with Gasteiger partial charge in [-0.3, -0.25) is 9.69 Å². The van der Waals surface area contributed by atoms with Gasteiger partial charge in [0.25, 0.3) is 5.91 Å². The molecule has 0 saturated heterocycles. The van der Waals surface area contributed by atoms with Crippen LogP contribution in [0.3, 0.4) is 0 Å². The van der Waals surface area contributed by atoms with Crippen molar-refractivity contribution >= 4 is 44.2 Å². The third-order valence-corrected chi connectivity index (χ3v) is 5.90. The first-order valence-corrected chi connectivity index (χ1v) is 9.63. The normalized spacial score (nSPS) is 11.1. The SMILES string of the molecule is Cc1ccc(Cl)c2sc(N(Cc3ccccc3)C(=O)c3nccn3C)nc12. The van der Waals surface area contributed by atoms with E-state index in [1.165, 1.54) is 11.3 Å². The highest BCUT2D eigenvalue weighted by Gasteiger charge is 2.25. The molecule has 2 aromatic carbocycles. The summed E-state index contributed by atoms with van der Waals surface area (Å²) in [6.45, 7) is 2.40. The quantitative estimate of drug-likeness (QED) is 0.496. The molecular formula is C20H17ClN4OS. The summed E-state index contributed by atoms with van der Waals surface area (Å²) in [6, 6.07) is 13.7. The van der Waals surface area contributed by atoms with Gasteiger partial charge in [0.15, 0.2) is 11.0 Å². The van der Waals surface area contributed by atoms with Crippen molar-refractivity contribution in [3.05, 3.63) is 76.8 Å². The molecule has 5 nitrogen and oxygen atoms in total. The maximum atomic E-state index is 13.3. The lowest BCUT2D eigenvalue weighted by molar-refractivity contribution is 0.0972. The summed E-state index contributed by atoms with van der Waals surface area (Å²) in [7, 11) is 1.81. The molecule has 0 aliphatic carbocycles. The van der Waals surface area contributed by atoms with E-state index in [1.807, 2.05) is 49.4 Å². The van der Waals surface area contributed by atoms with Crippen LogP contribution in [0.4, 0.5) is 5.13 Å². The molecule has 0 aliphatic rings. The lowest BCUT2D eigenvalue weighted by Crippen LogP contribution is -2.32. The molecule has 136 valence electrons. The molecule has 0 spiro atoms. The van der Waals surface area contributed by atoms with Gasteiger partial charge in [-0.15, -0.1) is 0 Å². The highest BCUT2D eigenvalue weighted by atomic mass is 35.5. The van der Waals surface area contributed by atoms with Crippen molar-refractivity contribution in [2.45, 2.75) is 13.5 Å². The van der Waals surface area contributed by atoms with Crippen LogP contribution >= 0.6 is 22.9 Å². The van der Waals surface area contributed by atoms with Gasteiger partial charge >= 0.3 is 0 Å². The lowest BCUT2D eigenvalue weighted by Gasteiger charge is -2.19. The average molecular weight is 397 g/mol. The third-order valence-electron chi connectivity index (χ3n) is 4.36. The molecule has 4 aromatic rings. The largest absolute Gasteiger partial charge is 0.330 e. The van der Waals surface area contributed by atoms with Crippen LogP contribution in [0.25, 0.3) is 10.2 Å². The van der Waals surface area contributed by atoms with Gasteiger partial charge in [0.1, 0.15) is 0 Å². The zero-order chi connectivity index (χ0) is 19.0. The zero-order valence-electron chi connectivity index (χ0n) is 14.9. The van der Waals surface area contributed by atoms with Crippen LogP contribution in [-0.4, -0.2) is 20.4 Å². The maximum Gasteiger partial charge on any atom is 0.296 e. The molecule has 27 heavy (non-hydrogen) atoms. The third kappa shape index (κ3) is 3.34. The summed E-state index contributed by atoms with van der Waals surface area (Å²) in [5.74, 6) is 0.173. The van der Waals surface area contributed by atoms with Crippen molar-refractivity contribution in [1.82, 2.24) is 14.5 Å². The predicted octanol–water partition coefficient (Wildman–Crippen LogP) is 4.84. The molecule has 7 heteroatoms. The second-order valence-corrected chi connectivity index (χ2v) is 7.66. The van der Waals surface area contributed by atoms with Gasteiger partial charge in [-0.05, 0) is 24.1 Å². The van der Waals surface area contributed by atoms with E-state index >= 15 is 0 Å². The van der Waals surface area contributed by atoms with Gasteiger partial charge in [-0.2, -0.15) is 0 Å². The number of benzene rings is 2. The van der Waals surface area contributed by atoms with Gasteiger partial charge in [0.2, 0.25) is 0 Å². The smallest absolute Gasteiger partial charge is 0.296 e. The van der Waals surface area contributed by atoms with Crippen LogP contribution in [0.2, 0.25) is 5.02 Å². The van der Waals surface area contributed by atoms with E-state index in [1.54, 1.807) is 28.9 Å². The van der Waals surface area contributed by atoms with Crippen LogP contribution < -0.4 is 4.90 Å². The molecule has 0 fully saturated rings. The summed E-state index contributed by atoms with van der Waals surface area (Å²) < 4.78 is 2.60. The predicted molar refractivity (Wildman–Crippen MR) is 110 cm³/mol. The molecule has 0 bridgehead atoms. The molecule has 0 N–H and O–H groups in total. The first-order chi connectivity index (χ1) is 13.0. The molecular weight excluding hydrogens is 380 g/mol. The number of halogens is 1. The number of thiazole rings is 1. The molecule has 2 heterocycles. The Kier molecular flexibility index (Phi) is 4.68. The number of imidazole rings is 1. The molecule has 0 atom stereocenters. The van der Waals surface area contributed by atoms with Crippen LogP contribution in [0.15, 0.2) is 54.9 Å². The second-order valence-electron chi connectivity index (χ2n) is 6.28. The number of carbonyl (C=O) groups is 1. The summed E-state index contributed by atoms with van der Waals surface area (Å²) in [4.78, 5) is 23.9. The minimum Gasteiger partial charge on any atom is -0.330 e. The number of amides is 1. The molecule has 0 aliphatic heterocycles. The van der Waals surface area contributed by atoms with E-state index in [0.29, 0.717) is 22.5 Å². The standard InChI is InChI=1S/C20H17ClN4OS/c1-13-8-9-15(21)17-16(13)23-20(27-17)25(12-14-6-4-3-5-7-14)19(26)18-22-10-11-24(18)2/h3-11H,12H2,1-2H3. The summed E-state index contributed by atoms with van der Waals surface area (Å²) in [5, 5.41) is 1.25. The Morgan fingerprint density at radius 3 is 2.67 bits per heavy atom. The van der Waals surface area contributed by atoms with Crippen LogP contribution in [0, 0.1) is 6.92 Å². The van der Waals surface area contributed by atoms with Crippen LogP contribution in [-0.2, 0) is 13.6 Å². The fourth-order valence-electron chi connectivity index (χ4n) is 2.89. The minimum atomic E-state index is -0.195. The monoisotopic (exact) mass is 396 g/mol. The Hall–Kier alpha value is -2.70. The van der Waals surface area contributed by atoms with Crippen molar-refractivity contribution in [3.8, 4) is 0 Å². The number of anilines is 1. The second kappa shape index (κ2) is 7.13. The highest BCUT2D eigenvalue weighted by molar-refractivity contribution is 7.23. The number of aromatic nitrogens is 3. The Labute approximate surface area is 165 Å². The van der Waals surface area contributed by atoms with Gasteiger partial charge in [0.05, 0.1) is 21.8 Å². The van der Waals surface area contributed by atoms with E-state index in [9.17, 15) is 4.79 Å². The first kappa shape index (κ1) is 17.7. The molecule has 0 unspecified atom stereocenters. The molecule has 4 rings (SSSR count). The number of rotatable bonds is 4. The van der Waals surface area contributed by atoms with Gasteiger partial charge in [0, 0.05) is 19.4 Å². The van der Waals surface area contributed by atoms with Gasteiger partial charge in [-0.25, -0.2) is 9.97 Å². The summed E-state index contributed by atoms with van der Waals surface area (Å²) in [5.41, 5.74) is 2.87. The van der Waals surface area contributed by atoms with Crippen LogP contribution in [0.5, 0.6) is 0 Å². The van der Waals surface area contributed by atoms with Crippen LogP contribution in [0.1, 0.15) is 21.7 Å². The fraction of sp³-hybridized carbons (Fsp3) is 0.150. The zero-order valence-corrected chi connectivity index (χ0v) is 16.5. The van der Waals surface area contributed by atoms with E-state index in [4.69, 9.17) is 16.6 Å². The number of nitrogens with zero attached hydrogens (tertiary/aromatic N) is 4. The topological polar surface area (TPSA) is 51.0 Å². The van der Waals surface area contributed by atoms with Crippen molar-refractivity contribution in [2.75, 3.05) is 4.90 Å². The van der Waals surface area contributed by atoms with Crippen molar-refractivity contribution in [3.63, 3.8) is 0 Å². The van der Waals surface area contributed by atoms with Crippen molar-refractivity contribution in [1.29, 1.82) is 0 Å².